The fourth-order valence-electron chi connectivity index (χ4n) is 1.83. The largest absolute Gasteiger partial charge is 0.448 e. The molecule has 1 aliphatic rings. The van der Waals surface area contributed by atoms with Crippen molar-refractivity contribution in [3.63, 3.8) is 0 Å². The van der Waals surface area contributed by atoms with Crippen molar-refractivity contribution >= 4 is 6.09 Å². The maximum Gasteiger partial charge on any atom is 0.407 e. The molecule has 1 fully saturated rings. The van der Waals surface area contributed by atoms with Crippen LogP contribution in [0, 0.1) is 0 Å². The number of carbonyl (C=O) groups excluding carboxylic acids is 1. The van der Waals surface area contributed by atoms with E-state index < -0.39 is 24.4 Å². The predicted octanol–water partition coefficient (Wildman–Crippen LogP) is 1.94. The smallest absolute Gasteiger partial charge is 0.407 e. The molecule has 3 N–H and O–H groups in total. The molecular weight excluding hydrogens is 237 g/mol. The third-order valence-corrected chi connectivity index (χ3v) is 2.77. The molecule has 0 heterocycles. The minimum atomic E-state index is -4.43. The van der Waals surface area contributed by atoms with Gasteiger partial charge in [-0.2, -0.15) is 13.2 Å². The Balaban J connectivity index is 2.23. The molecular formula is C10H17F3N2O2. The molecule has 0 bridgehead atoms. The Morgan fingerprint density at radius 2 is 1.88 bits per heavy atom. The summed E-state index contributed by atoms with van der Waals surface area (Å²) in [4.78, 5) is 11.0. The number of carbonyl (C=O) groups is 1. The van der Waals surface area contributed by atoms with Gasteiger partial charge in [0.2, 0.25) is 0 Å². The summed E-state index contributed by atoms with van der Waals surface area (Å²) in [7, 11) is 0. The van der Waals surface area contributed by atoms with Gasteiger partial charge in [-0.25, -0.2) is 4.79 Å². The van der Waals surface area contributed by atoms with Crippen LogP contribution < -0.4 is 11.1 Å². The van der Waals surface area contributed by atoms with Crippen molar-refractivity contribution in [3.05, 3.63) is 0 Å². The average Bonchev–Trinajstić information content (AvgIpc) is 2.24. The lowest BCUT2D eigenvalue weighted by Crippen LogP contribution is -2.47. The van der Waals surface area contributed by atoms with Crippen LogP contribution in [-0.4, -0.2) is 31.0 Å². The first-order valence-electron chi connectivity index (χ1n) is 5.57. The van der Waals surface area contributed by atoms with E-state index in [1.807, 2.05) is 0 Å². The standard InChI is InChI=1S/C10H17F3N2O2/c11-10(12,13)6-15-8(16)17-7-9(14)4-2-1-3-5-9/h1-7,14H2,(H,15,16). The van der Waals surface area contributed by atoms with Crippen LogP contribution in [0.15, 0.2) is 0 Å². The molecule has 0 aromatic heterocycles. The van der Waals surface area contributed by atoms with Crippen LogP contribution in [0.5, 0.6) is 0 Å². The van der Waals surface area contributed by atoms with Crippen LogP contribution in [0.3, 0.4) is 0 Å². The highest BCUT2D eigenvalue weighted by Gasteiger charge is 2.31. The second-order valence-corrected chi connectivity index (χ2v) is 4.47. The van der Waals surface area contributed by atoms with Crippen LogP contribution in [0.1, 0.15) is 32.1 Å². The highest BCUT2D eigenvalue weighted by atomic mass is 19.4. The SMILES string of the molecule is NC1(COC(=O)NCC(F)(F)F)CCCCC1. The van der Waals surface area contributed by atoms with E-state index in [0.717, 1.165) is 32.1 Å². The summed E-state index contributed by atoms with van der Waals surface area (Å²) in [5, 5.41) is 1.64. The van der Waals surface area contributed by atoms with Gasteiger partial charge in [0.25, 0.3) is 0 Å². The molecule has 0 atom stereocenters. The Labute approximate surface area is 97.7 Å². The Kier molecular flexibility index (Phi) is 4.62. The van der Waals surface area contributed by atoms with Crippen LogP contribution in [0.25, 0.3) is 0 Å². The highest BCUT2D eigenvalue weighted by molar-refractivity contribution is 5.67. The topological polar surface area (TPSA) is 64.3 Å². The molecule has 0 aromatic rings. The van der Waals surface area contributed by atoms with E-state index in [1.54, 1.807) is 5.32 Å². The third-order valence-electron chi connectivity index (χ3n) is 2.77. The lowest BCUT2D eigenvalue weighted by atomic mass is 9.83. The van der Waals surface area contributed by atoms with Crippen molar-refractivity contribution in [3.8, 4) is 0 Å². The molecule has 0 aliphatic heterocycles. The van der Waals surface area contributed by atoms with E-state index in [1.165, 1.54) is 0 Å². The predicted molar refractivity (Wildman–Crippen MR) is 55.4 cm³/mol. The van der Waals surface area contributed by atoms with Gasteiger partial charge >= 0.3 is 12.3 Å². The van der Waals surface area contributed by atoms with Gasteiger partial charge in [0.1, 0.15) is 13.2 Å². The van der Waals surface area contributed by atoms with Crippen LogP contribution >= 0.6 is 0 Å². The minimum Gasteiger partial charge on any atom is -0.448 e. The Morgan fingerprint density at radius 3 is 2.41 bits per heavy atom. The van der Waals surface area contributed by atoms with Crippen molar-refractivity contribution in [1.82, 2.24) is 5.32 Å². The number of alkyl carbamates (subject to hydrolysis) is 1. The van der Waals surface area contributed by atoms with Crippen molar-refractivity contribution < 1.29 is 22.7 Å². The molecule has 0 spiro atoms. The maximum absolute atomic E-state index is 11.8. The Hall–Kier alpha value is -0.980. The summed E-state index contributed by atoms with van der Waals surface area (Å²) in [6, 6.07) is 0. The molecule has 100 valence electrons. The van der Waals surface area contributed by atoms with Crippen LogP contribution in [-0.2, 0) is 4.74 Å². The van der Waals surface area contributed by atoms with E-state index in [4.69, 9.17) is 10.5 Å². The first-order valence-corrected chi connectivity index (χ1v) is 5.57. The molecule has 1 amide bonds. The van der Waals surface area contributed by atoms with Gasteiger partial charge < -0.3 is 15.8 Å². The molecule has 17 heavy (non-hydrogen) atoms. The van der Waals surface area contributed by atoms with Crippen molar-refractivity contribution in [2.45, 2.75) is 43.8 Å². The van der Waals surface area contributed by atoms with E-state index in [9.17, 15) is 18.0 Å². The quantitative estimate of drug-likeness (QED) is 0.809. The number of nitrogens with one attached hydrogen (secondary N) is 1. The number of halogens is 3. The molecule has 1 aliphatic carbocycles. The zero-order valence-corrected chi connectivity index (χ0v) is 9.48. The van der Waals surface area contributed by atoms with Gasteiger partial charge in [0, 0.05) is 0 Å². The molecule has 7 heteroatoms. The number of nitrogens with two attached hydrogens (primary N) is 1. The van der Waals surface area contributed by atoms with Crippen LogP contribution in [0.4, 0.5) is 18.0 Å². The summed E-state index contributed by atoms with van der Waals surface area (Å²) in [6.07, 6.45) is -1.01. The third kappa shape index (κ3) is 5.76. The van der Waals surface area contributed by atoms with Crippen LogP contribution in [0.2, 0.25) is 0 Å². The van der Waals surface area contributed by atoms with E-state index >= 15 is 0 Å². The number of alkyl halides is 3. The lowest BCUT2D eigenvalue weighted by molar-refractivity contribution is -0.123. The fourth-order valence-corrected chi connectivity index (χ4v) is 1.83. The minimum absolute atomic E-state index is 0.0311. The molecule has 1 rings (SSSR count). The summed E-state index contributed by atoms with van der Waals surface area (Å²) in [5.41, 5.74) is 5.39. The monoisotopic (exact) mass is 254 g/mol. The van der Waals surface area contributed by atoms with E-state index in [-0.39, 0.29) is 6.61 Å². The Bertz CT molecular complexity index is 263. The number of hydrogen-bond acceptors (Lipinski definition) is 3. The summed E-state index contributed by atoms with van der Waals surface area (Å²) >= 11 is 0. The molecule has 0 unspecified atom stereocenters. The van der Waals surface area contributed by atoms with Gasteiger partial charge in [0.15, 0.2) is 0 Å². The van der Waals surface area contributed by atoms with Gasteiger partial charge in [-0.15, -0.1) is 0 Å². The number of rotatable bonds is 3. The molecule has 4 nitrogen and oxygen atoms in total. The second-order valence-electron chi connectivity index (χ2n) is 4.47. The van der Waals surface area contributed by atoms with Gasteiger partial charge in [-0.1, -0.05) is 19.3 Å². The molecule has 0 aromatic carbocycles. The van der Waals surface area contributed by atoms with Crippen molar-refractivity contribution in [1.29, 1.82) is 0 Å². The fraction of sp³-hybridized carbons (Fsp3) is 0.900. The van der Waals surface area contributed by atoms with Gasteiger partial charge in [-0.3, -0.25) is 0 Å². The first kappa shape index (κ1) is 14.1. The number of hydrogen-bond donors (Lipinski definition) is 2. The molecule has 0 saturated heterocycles. The highest BCUT2D eigenvalue weighted by Crippen LogP contribution is 2.26. The van der Waals surface area contributed by atoms with Crippen molar-refractivity contribution in [2.24, 2.45) is 5.73 Å². The number of ether oxygens (including phenoxy) is 1. The molecule has 1 saturated carbocycles. The zero-order valence-electron chi connectivity index (χ0n) is 9.48. The summed E-state index contributed by atoms with van der Waals surface area (Å²) < 4.78 is 40.1. The van der Waals surface area contributed by atoms with E-state index in [0.29, 0.717) is 0 Å². The Morgan fingerprint density at radius 1 is 1.29 bits per heavy atom. The molecule has 0 radical (unpaired) electrons. The summed E-state index contributed by atoms with van der Waals surface area (Å²) in [5.74, 6) is 0. The van der Waals surface area contributed by atoms with Gasteiger partial charge in [-0.05, 0) is 12.8 Å². The first-order chi connectivity index (χ1) is 7.81. The number of amides is 1. The zero-order chi connectivity index (χ0) is 12.9. The average molecular weight is 254 g/mol. The maximum atomic E-state index is 11.8. The summed E-state index contributed by atoms with van der Waals surface area (Å²) in [6.45, 7) is -1.42. The normalized spacial score (nSPS) is 19.8. The van der Waals surface area contributed by atoms with Gasteiger partial charge in [0.05, 0.1) is 5.54 Å². The lowest BCUT2D eigenvalue weighted by Gasteiger charge is -2.32. The van der Waals surface area contributed by atoms with E-state index in [2.05, 4.69) is 0 Å². The van der Waals surface area contributed by atoms with Crippen molar-refractivity contribution in [2.75, 3.05) is 13.2 Å². The second kappa shape index (κ2) is 5.57.